The molecule has 9 heteroatoms. The SMILES string of the molecule is CCOC(=O)c1ccc(NC(=O)COC(=O)C2CC(=O)N(c3cccc(Cl)c3C)C2)cc1. The predicted octanol–water partition coefficient (Wildman–Crippen LogP) is 3.36. The number of ether oxygens (including phenoxy) is 2. The summed E-state index contributed by atoms with van der Waals surface area (Å²) in [5, 5.41) is 3.12. The zero-order valence-corrected chi connectivity index (χ0v) is 18.5. The van der Waals surface area contributed by atoms with Gasteiger partial charge in [0.05, 0.1) is 18.1 Å². The first-order valence-corrected chi connectivity index (χ1v) is 10.5. The first-order chi connectivity index (χ1) is 15.3. The van der Waals surface area contributed by atoms with Gasteiger partial charge in [0.1, 0.15) is 0 Å². The maximum atomic E-state index is 12.4. The third-order valence-corrected chi connectivity index (χ3v) is 5.42. The van der Waals surface area contributed by atoms with E-state index in [2.05, 4.69) is 5.32 Å². The average molecular weight is 459 g/mol. The van der Waals surface area contributed by atoms with Gasteiger partial charge in [-0.3, -0.25) is 14.4 Å². The Hall–Kier alpha value is -3.39. The third kappa shape index (κ3) is 5.45. The van der Waals surface area contributed by atoms with Gasteiger partial charge in [0.25, 0.3) is 5.91 Å². The molecule has 2 amide bonds. The summed E-state index contributed by atoms with van der Waals surface area (Å²) in [5.74, 6) is -2.48. The van der Waals surface area contributed by atoms with Crippen LogP contribution in [0.3, 0.4) is 0 Å². The summed E-state index contributed by atoms with van der Waals surface area (Å²) < 4.78 is 10.0. The first-order valence-electron chi connectivity index (χ1n) is 10.1. The zero-order valence-electron chi connectivity index (χ0n) is 17.7. The second-order valence-electron chi connectivity index (χ2n) is 7.24. The second kappa shape index (κ2) is 10.3. The molecule has 0 saturated carbocycles. The molecule has 168 valence electrons. The van der Waals surface area contributed by atoms with Crippen LogP contribution in [0.1, 0.15) is 29.3 Å². The number of nitrogens with one attached hydrogen (secondary N) is 1. The van der Waals surface area contributed by atoms with Crippen LogP contribution in [0.5, 0.6) is 0 Å². The van der Waals surface area contributed by atoms with Crippen molar-refractivity contribution in [3.63, 3.8) is 0 Å². The van der Waals surface area contributed by atoms with Crippen molar-refractivity contribution in [2.45, 2.75) is 20.3 Å². The molecule has 2 aromatic rings. The number of halogens is 1. The van der Waals surface area contributed by atoms with Crippen molar-refractivity contribution in [3.05, 3.63) is 58.6 Å². The van der Waals surface area contributed by atoms with E-state index in [0.29, 0.717) is 22.0 Å². The van der Waals surface area contributed by atoms with Crippen molar-refractivity contribution in [2.75, 3.05) is 30.0 Å². The van der Waals surface area contributed by atoms with Gasteiger partial charge >= 0.3 is 11.9 Å². The number of carbonyl (C=O) groups is 4. The third-order valence-electron chi connectivity index (χ3n) is 5.01. The lowest BCUT2D eigenvalue weighted by Gasteiger charge is -2.19. The molecule has 1 aliphatic rings. The van der Waals surface area contributed by atoms with Crippen LogP contribution in [0.2, 0.25) is 5.02 Å². The molecule has 1 heterocycles. The maximum Gasteiger partial charge on any atom is 0.338 e. The molecule has 3 rings (SSSR count). The van der Waals surface area contributed by atoms with Gasteiger partial charge in [0, 0.05) is 29.4 Å². The summed E-state index contributed by atoms with van der Waals surface area (Å²) in [7, 11) is 0. The lowest BCUT2D eigenvalue weighted by molar-refractivity contribution is -0.151. The Morgan fingerprint density at radius 2 is 1.84 bits per heavy atom. The number of hydrogen-bond acceptors (Lipinski definition) is 6. The predicted molar refractivity (Wildman–Crippen MR) is 119 cm³/mol. The number of amides is 2. The monoisotopic (exact) mass is 458 g/mol. The molecule has 0 bridgehead atoms. The van der Waals surface area contributed by atoms with Gasteiger partial charge in [-0.05, 0) is 55.8 Å². The highest BCUT2D eigenvalue weighted by atomic mass is 35.5. The topological polar surface area (TPSA) is 102 Å². The zero-order chi connectivity index (χ0) is 23.3. The summed E-state index contributed by atoms with van der Waals surface area (Å²) in [6, 6.07) is 11.4. The van der Waals surface area contributed by atoms with E-state index in [0.717, 1.165) is 5.56 Å². The molecule has 0 aromatic heterocycles. The normalized spacial score (nSPS) is 15.4. The fraction of sp³-hybridized carbons (Fsp3) is 0.304. The molecule has 32 heavy (non-hydrogen) atoms. The van der Waals surface area contributed by atoms with Crippen LogP contribution in [0.4, 0.5) is 11.4 Å². The molecule has 2 aromatic carbocycles. The Kier molecular flexibility index (Phi) is 7.48. The number of hydrogen-bond donors (Lipinski definition) is 1. The lowest BCUT2D eigenvalue weighted by atomic mass is 10.1. The van der Waals surface area contributed by atoms with Crippen LogP contribution < -0.4 is 10.2 Å². The Bertz CT molecular complexity index is 1040. The molecule has 0 aliphatic carbocycles. The Morgan fingerprint density at radius 3 is 2.53 bits per heavy atom. The lowest BCUT2D eigenvalue weighted by Crippen LogP contribution is -2.28. The fourth-order valence-corrected chi connectivity index (χ4v) is 3.51. The number of benzene rings is 2. The van der Waals surface area contributed by atoms with Crippen molar-refractivity contribution in [3.8, 4) is 0 Å². The molecule has 1 atom stereocenters. The van der Waals surface area contributed by atoms with Gasteiger partial charge in [0.2, 0.25) is 5.91 Å². The molecule has 0 radical (unpaired) electrons. The minimum atomic E-state index is -0.669. The van der Waals surface area contributed by atoms with Gasteiger partial charge in [-0.25, -0.2) is 4.79 Å². The maximum absolute atomic E-state index is 12.4. The van der Waals surface area contributed by atoms with Gasteiger partial charge in [0.15, 0.2) is 6.61 Å². The summed E-state index contributed by atoms with van der Waals surface area (Å²) in [6.45, 7) is 3.46. The van der Waals surface area contributed by atoms with Crippen molar-refractivity contribution in [1.29, 1.82) is 0 Å². The standard InChI is InChI=1S/C23H23ClN2O6/c1-3-31-22(29)15-7-9-17(10-8-15)25-20(27)13-32-23(30)16-11-21(28)26(12-16)19-6-4-5-18(24)14(19)2/h4-10,16H,3,11-13H2,1-2H3,(H,25,27). The van der Waals surface area contributed by atoms with E-state index in [9.17, 15) is 19.2 Å². The minimum absolute atomic E-state index is 0.00171. The Labute approximate surface area is 190 Å². The molecule has 0 spiro atoms. The average Bonchev–Trinajstić information content (AvgIpc) is 3.16. The van der Waals surface area contributed by atoms with Crippen molar-refractivity contribution in [2.24, 2.45) is 5.92 Å². The van der Waals surface area contributed by atoms with Crippen LogP contribution in [-0.2, 0) is 23.9 Å². The number of nitrogens with zero attached hydrogens (tertiary/aromatic N) is 1. The number of rotatable bonds is 7. The molecular weight excluding hydrogens is 436 g/mol. The van der Waals surface area contributed by atoms with Crippen molar-refractivity contribution >= 4 is 46.7 Å². The van der Waals surface area contributed by atoms with E-state index >= 15 is 0 Å². The summed E-state index contributed by atoms with van der Waals surface area (Å²) in [4.78, 5) is 50.1. The summed E-state index contributed by atoms with van der Waals surface area (Å²) >= 11 is 6.13. The minimum Gasteiger partial charge on any atom is -0.462 e. The van der Waals surface area contributed by atoms with Crippen LogP contribution in [0, 0.1) is 12.8 Å². The Morgan fingerprint density at radius 1 is 1.12 bits per heavy atom. The van der Waals surface area contributed by atoms with E-state index in [4.69, 9.17) is 21.1 Å². The van der Waals surface area contributed by atoms with E-state index in [-0.39, 0.29) is 25.5 Å². The number of carbonyl (C=O) groups excluding carboxylic acids is 4. The highest BCUT2D eigenvalue weighted by molar-refractivity contribution is 6.31. The van der Waals surface area contributed by atoms with Gasteiger partial charge in [-0.2, -0.15) is 0 Å². The molecule has 1 saturated heterocycles. The van der Waals surface area contributed by atoms with Gasteiger partial charge in [-0.1, -0.05) is 17.7 Å². The van der Waals surface area contributed by atoms with Crippen molar-refractivity contribution in [1.82, 2.24) is 0 Å². The molecule has 8 nitrogen and oxygen atoms in total. The van der Waals surface area contributed by atoms with Gasteiger partial charge < -0.3 is 19.7 Å². The van der Waals surface area contributed by atoms with E-state index in [1.807, 2.05) is 0 Å². The van der Waals surface area contributed by atoms with E-state index in [1.165, 1.54) is 17.0 Å². The fourth-order valence-electron chi connectivity index (χ4n) is 3.34. The van der Waals surface area contributed by atoms with E-state index < -0.39 is 30.4 Å². The highest BCUT2D eigenvalue weighted by Gasteiger charge is 2.37. The van der Waals surface area contributed by atoms with Crippen LogP contribution in [0.15, 0.2) is 42.5 Å². The van der Waals surface area contributed by atoms with Gasteiger partial charge in [-0.15, -0.1) is 0 Å². The first kappa shape index (κ1) is 23.3. The molecular formula is C23H23ClN2O6. The largest absolute Gasteiger partial charge is 0.462 e. The number of esters is 2. The quantitative estimate of drug-likeness (QED) is 0.638. The van der Waals surface area contributed by atoms with Crippen LogP contribution in [-0.4, -0.2) is 43.5 Å². The smallest absolute Gasteiger partial charge is 0.338 e. The van der Waals surface area contributed by atoms with E-state index in [1.54, 1.807) is 44.2 Å². The molecule has 1 fully saturated rings. The second-order valence-corrected chi connectivity index (χ2v) is 7.65. The Balaban J connectivity index is 1.51. The number of anilines is 2. The molecule has 1 N–H and O–H groups in total. The van der Waals surface area contributed by atoms with Crippen LogP contribution >= 0.6 is 11.6 Å². The highest BCUT2D eigenvalue weighted by Crippen LogP contribution is 2.31. The van der Waals surface area contributed by atoms with Crippen molar-refractivity contribution < 1.29 is 28.7 Å². The van der Waals surface area contributed by atoms with Crippen LogP contribution in [0.25, 0.3) is 0 Å². The summed E-state index contributed by atoms with van der Waals surface area (Å²) in [6.07, 6.45) is 0.00171. The molecule has 1 aliphatic heterocycles. The molecule has 1 unspecified atom stereocenters. The summed E-state index contributed by atoms with van der Waals surface area (Å²) in [5.41, 5.74) is 2.21.